The highest BCUT2D eigenvalue weighted by molar-refractivity contribution is 9.10. The minimum Gasteiger partial charge on any atom is -0.366 e. The van der Waals surface area contributed by atoms with Gasteiger partial charge in [0.1, 0.15) is 12.1 Å². The number of aromatic nitrogens is 2. The first-order chi connectivity index (χ1) is 7.16. The third-order valence-electron chi connectivity index (χ3n) is 2.69. The Morgan fingerprint density at radius 1 is 1.60 bits per heavy atom. The van der Waals surface area contributed by atoms with E-state index in [9.17, 15) is 0 Å². The first kappa shape index (κ1) is 10.9. The molecule has 0 saturated heterocycles. The number of hydrogen-bond donors (Lipinski definition) is 1. The summed E-state index contributed by atoms with van der Waals surface area (Å²) in [4.78, 5) is 8.14. The van der Waals surface area contributed by atoms with E-state index in [0.717, 1.165) is 22.1 Å². The molecule has 1 fully saturated rings. The van der Waals surface area contributed by atoms with E-state index in [-0.39, 0.29) is 0 Å². The molecule has 2 rings (SSSR count). The van der Waals surface area contributed by atoms with Gasteiger partial charge >= 0.3 is 0 Å². The van der Waals surface area contributed by atoms with Crippen molar-refractivity contribution in [2.75, 3.05) is 5.32 Å². The molecule has 3 nitrogen and oxygen atoms in total. The van der Waals surface area contributed by atoms with Gasteiger partial charge in [-0.15, -0.1) is 0 Å². The summed E-state index contributed by atoms with van der Waals surface area (Å²) in [6, 6.07) is 0.610. The molecule has 82 valence electrons. The highest BCUT2D eigenvalue weighted by atomic mass is 79.9. The van der Waals surface area contributed by atoms with Crippen molar-refractivity contribution < 1.29 is 0 Å². The molecule has 0 spiro atoms. The Bertz CT molecular complexity index is 340. The molecule has 0 amide bonds. The van der Waals surface area contributed by atoms with Gasteiger partial charge in [0, 0.05) is 12.2 Å². The second kappa shape index (κ2) is 4.47. The summed E-state index contributed by atoms with van der Waals surface area (Å²) in [7, 11) is 0. The van der Waals surface area contributed by atoms with Gasteiger partial charge in [-0.3, -0.25) is 0 Å². The predicted octanol–water partition coefficient (Wildman–Crippen LogP) is 3.09. The molecule has 1 aliphatic rings. The van der Waals surface area contributed by atoms with E-state index in [1.54, 1.807) is 12.5 Å². The molecule has 0 aromatic carbocycles. The quantitative estimate of drug-likeness (QED) is 0.913. The van der Waals surface area contributed by atoms with Crippen LogP contribution in [0.5, 0.6) is 0 Å². The van der Waals surface area contributed by atoms with Gasteiger partial charge in [-0.25, -0.2) is 9.97 Å². The molecule has 4 heteroatoms. The van der Waals surface area contributed by atoms with Crippen LogP contribution in [0.4, 0.5) is 5.82 Å². The van der Waals surface area contributed by atoms with Gasteiger partial charge in [0.15, 0.2) is 0 Å². The van der Waals surface area contributed by atoms with Crippen LogP contribution in [-0.4, -0.2) is 16.0 Å². The minimum atomic E-state index is 0.610. The van der Waals surface area contributed by atoms with Crippen LogP contribution in [0.15, 0.2) is 17.0 Å². The van der Waals surface area contributed by atoms with Crippen molar-refractivity contribution in [2.45, 2.75) is 32.7 Å². The second-order valence-electron chi connectivity index (χ2n) is 4.60. The lowest BCUT2D eigenvalue weighted by atomic mass is 10.1. The molecule has 1 aromatic rings. The Balaban J connectivity index is 1.87. The van der Waals surface area contributed by atoms with Crippen molar-refractivity contribution >= 4 is 21.7 Å². The van der Waals surface area contributed by atoms with Crippen LogP contribution in [0.2, 0.25) is 0 Å². The summed E-state index contributed by atoms with van der Waals surface area (Å²) in [5.74, 6) is 2.53. The zero-order valence-electron chi connectivity index (χ0n) is 9.07. The molecule has 2 atom stereocenters. The van der Waals surface area contributed by atoms with Gasteiger partial charge in [-0.1, -0.05) is 13.8 Å². The maximum Gasteiger partial charge on any atom is 0.143 e. The Morgan fingerprint density at radius 3 is 3.07 bits per heavy atom. The average Bonchev–Trinajstić information content (AvgIpc) is 2.87. The monoisotopic (exact) mass is 269 g/mol. The van der Waals surface area contributed by atoms with E-state index in [1.165, 1.54) is 12.8 Å². The van der Waals surface area contributed by atoms with Crippen LogP contribution in [0.25, 0.3) is 0 Å². The normalized spacial score (nSPS) is 24.3. The van der Waals surface area contributed by atoms with Crippen molar-refractivity contribution in [3.8, 4) is 0 Å². The van der Waals surface area contributed by atoms with E-state index >= 15 is 0 Å². The minimum absolute atomic E-state index is 0.610. The molecular formula is C11H16BrN3. The summed E-state index contributed by atoms with van der Waals surface area (Å²) in [6.07, 6.45) is 5.93. The standard InChI is InChI=1S/C11H16BrN3/c1-7(2)3-8-4-10(8)15-11-9(12)5-13-6-14-11/h5-8,10H,3-4H2,1-2H3,(H,13,14,15). The molecule has 15 heavy (non-hydrogen) atoms. The number of rotatable bonds is 4. The van der Waals surface area contributed by atoms with E-state index in [0.29, 0.717) is 6.04 Å². The van der Waals surface area contributed by atoms with Crippen LogP contribution in [0.3, 0.4) is 0 Å². The number of halogens is 1. The average molecular weight is 270 g/mol. The molecule has 1 aliphatic carbocycles. The maximum atomic E-state index is 4.20. The first-order valence-corrected chi connectivity index (χ1v) is 6.18. The molecule has 1 aromatic heterocycles. The fourth-order valence-electron chi connectivity index (χ4n) is 1.88. The summed E-state index contributed by atoms with van der Waals surface area (Å²) in [6.45, 7) is 4.55. The summed E-state index contributed by atoms with van der Waals surface area (Å²) < 4.78 is 0.945. The smallest absolute Gasteiger partial charge is 0.143 e. The lowest BCUT2D eigenvalue weighted by Gasteiger charge is -2.07. The molecule has 2 unspecified atom stereocenters. The largest absolute Gasteiger partial charge is 0.366 e. The Labute approximate surface area is 98.8 Å². The van der Waals surface area contributed by atoms with Crippen molar-refractivity contribution in [2.24, 2.45) is 11.8 Å². The highest BCUT2D eigenvalue weighted by Crippen LogP contribution is 2.39. The molecular weight excluding hydrogens is 254 g/mol. The second-order valence-corrected chi connectivity index (χ2v) is 5.45. The van der Waals surface area contributed by atoms with E-state index < -0.39 is 0 Å². The summed E-state index contributed by atoms with van der Waals surface area (Å²) in [5, 5.41) is 3.44. The number of anilines is 1. The Kier molecular flexibility index (Phi) is 3.24. The molecule has 0 bridgehead atoms. The highest BCUT2D eigenvalue weighted by Gasteiger charge is 2.37. The third kappa shape index (κ3) is 2.91. The SMILES string of the molecule is CC(C)CC1CC1Nc1ncncc1Br. The van der Waals surface area contributed by atoms with E-state index in [1.807, 2.05) is 0 Å². The van der Waals surface area contributed by atoms with Crippen LogP contribution >= 0.6 is 15.9 Å². The fourth-order valence-corrected chi connectivity index (χ4v) is 2.22. The van der Waals surface area contributed by atoms with Crippen LogP contribution in [0.1, 0.15) is 26.7 Å². The van der Waals surface area contributed by atoms with Crippen LogP contribution in [-0.2, 0) is 0 Å². The topological polar surface area (TPSA) is 37.8 Å². The van der Waals surface area contributed by atoms with Gasteiger partial charge in [-0.2, -0.15) is 0 Å². The fraction of sp³-hybridized carbons (Fsp3) is 0.636. The van der Waals surface area contributed by atoms with E-state index in [4.69, 9.17) is 0 Å². The summed E-state index contributed by atoms with van der Waals surface area (Å²) in [5.41, 5.74) is 0. The van der Waals surface area contributed by atoms with Gasteiger partial charge < -0.3 is 5.32 Å². The van der Waals surface area contributed by atoms with Crippen molar-refractivity contribution in [3.63, 3.8) is 0 Å². The third-order valence-corrected chi connectivity index (χ3v) is 3.27. The Morgan fingerprint density at radius 2 is 2.40 bits per heavy atom. The van der Waals surface area contributed by atoms with Gasteiger partial charge in [0.25, 0.3) is 0 Å². The van der Waals surface area contributed by atoms with E-state index in [2.05, 4.69) is 45.1 Å². The lowest BCUT2D eigenvalue weighted by Crippen LogP contribution is -2.08. The van der Waals surface area contributed by atoms with Gasteiger partial charge in [0.2, 0.25) is 0 Å². The van der Waals surface area contributed by atoms with Gasteiger partial charge in [0.05, 0.1) is 4.47 Å². The lowest BCUT2D eigenvalue weighted by molar-refractivity contribution is 0.534. The van der Waals surface area contributed by atoms with Crippen LogP contribution in [0, 0.1) is 11.8 Å². The van der Waals surface area contributed by atoms with Crippen LogP contribution < -0.4 is 5.32 Å². The number of nitrogens with one attached hydrogen (secondary N) is 1. The maximum absolute atomic E-state index is 4.20. The molecule has 1 heterocycles. The van der Waals surface area contributed by atoms with Crippen molar-refractivity contribution in [3.05, 3.63) is 17.0 Å². The molecule has 1 N–H and O–H groups in total. The zero-order valence-corrected chi connectivity index (χ0v) is 10.7. The zero-order chi connectivity index (χ0) is 10.8. The van der Waals surface area contributed by atoms with Crippen molar-refractivity contribution in [1.29, 1.82) is 0 Å². The summed E-state index contributed by atoms with van der Waals surface area (Å²) >= 11 is 3.44. The van der Waals surface area contributed by atoms with Crippen molar-refractivity contribution in [1.82, 2.24) is 9.97 Å². The number of hydrogen-bond acceptors (Lipinski definition) is 3. The molecule has 1 saturated carbocycles. The van der Waals surface area contributed by atoms with Gasteiger partial charge in [-0.05, 0) is 40.6 Å². The Hall–Kier alpha value is -0.640. The number of nitrogens with zero attached hydrogens (tertiary/aromatic N) is 2. The molecule has 0 radical (unpaired) electrons. The molecule has 0 aliphatic heterocycles. The predicted molar refractivity (Wildman–Crippen MR) is 64.7 cm³/mol. The first-order valence-electron chi connectivity index (χ1n) is 5.39.